The van der Waals surface area contributed by atoms with Crippen LogP contribution in [0, 0.1) is 0 Å². The van der Waals surface area contributed by atoms with Crippen LogP contribution in [0.25, 0.3) is 82.8 Å². The van der Waals surface area contributed by atoms with E-state index in [9.17, 15) is 0 Å². The number of para-hydroxylation sites is 6. The van der Waals surface area contributed by atoms with Crippen LogP contribution in [0.1, 0.15) is 0 Å². The predicted octanol–water partition coefficient (Wildman–Crippen LogP) is 15.2. The largest absolute Gasteiger partial charge is 0.455 e. The van der Waals surface area contributed by atoms with E-state index in [0.29, 0.717) is 0 Å². The number of benzene rings is 9. The van der Waals surface area contributed by atoms with Crippen LogP contribution in [0.15, 0.2) is 223 Å². The van der Waals surface area contributed by atoms with Gasteiger partial charge in [0, 0.05) is 43.9 Å². The van der Waals surface area contributed by atoms with E-state index in [2.05, 4.69) is 222 Å². The number of rotatable bonds is 7. The summed E-state index contributed by atoms with van der Waals surface area (Å²) >= 11 is 0. The third-order valence-corrected chi connectivity index (χ3v) is 11.2. The van der Waals surface area contributed by atoms with Crippen molar-refractivity contribution in [3.8, 4) is 39.1 Å². The van der Waals surface area contributed by atoms with E-state index in [1.54, 1.807) is 0 Å². The maximum absolute atomic E-state index is 6.62. The highest BCUT2D eigenvalue weighted by molar-refractivity contribution is 6.18. The van der Waals surface area contributed by atoms with Crippen LogP contribution in [0.5, 0.6) is 0 Å². The lowest BCUT2D eigenvalue weighted by Gasteiger charge is -2.28. The van der Waals surface area contributed by atoms with Gasteiger partial charge in [0.2, 0.25) is 0 Å². The van der Waals surface area contributed by atoms with E-state index in [1.807, 2.05) is 6.07 Å². The number of nitrogens with zero attached hydrogens (tertiary/aromatic N) is 2. The van der Waals surface area contributed by atoms with Crippen molar-refractivity contribution in [2.24, 2.45) is 0 Å². The molecule has 3 nitrogen and oxygen atoms in total. The molecule has 0 N–H and O–H groups in total. The molecule has 268 valence electrons. The first-order valence-corrected chi connectivity index (χ1v) is 19.4. The molecule has 3 heteroatoms. The minimum atomic E-state index is 0.891. The second-order valence-electron chi connectivity index (χ2n) is 14.5. The van der Waals surface area contributed by atoms with Crippen LogP contribution in [-0.4, -0.2) is 4.57 Å². The van der Waals surface area contributed by atoms with Crippen LogP contribution in [-0.2, 0) is 0 Å². The van der Waals surface area contributed by atoms with Crippen LogP contribution in [0.2, 0.25) is 0 Å². The standard InChI is InChI=1S/C54H36N2O/c1-3-17-37(18-4-1)38-33-35-39(36-34-38)41-21-7-11-27-47(41)56-49-29-13-9-24-46(49)53-50(30-16-31-51(53)56)55(40-19-5-2-6-20-40)48-28-12-8-22-42(48)44-25-15-26-45-43-23-10-14-32-52(43)57-54(44)45/h1-36H. The SMILES string of the molecule is c1ccc(-c2ccc(-c3ccccc3-n3c4ccccc4c4c(N(c5ccccc5)c5ccccc5-c5cccc6c5oc5ccccc56)cccc43)cc2)cc1. The Bertz CT molecular complexity index is 3230. The van der Waals surface area contributed by atoms with Crippen molar-refractivity contribution < 1.29 is 4.42 Å². The molecule has 0 atom stereocenters. The molecular formula is C54H36N2O. The molecule has 0 aliphatic carbocycles. The van der Waals surface area contributed by atoms with Crippen molar-refractivity contribution in [2.75, 3.05) is 4.90 Å². The molecule has 0 saturated heterocycles. The second kappa shape index (κ2) is 13.6. The molecule has 57 heavy (non-hydrogen) atoms. The Balaban J connectivity index is 1.14. The molecule has 0 spiro atoms. The monoisotopic (exact) mass is 728 g/mol. The summed E-state index contributed by atoms with van der Waals surface area (Å²) in [5.74, 6) is 0. The van der Waals surface area contributed by atoms with Gasteiger partial charge in [-0.3, -0.25) is 0 Å². The lowest BCUT2D eigenvalue weighted by molar-refractivity contribution is 0.670. The average Bonchev–Trinajstić information content (AvgIpc) is 3.84. The summed E-state index contributed by atoms with van der Waals surface area (Å²) in [7, 11) is 0. The highest BCUT2D eigenvalue weighted by Crippen LogP contribution is 2.48. The molecule has 0 aliphatic heterocycles. The van der Waals surface area contributed by atoms with E-state index >= 15 is 0 Å². The van der Waals surface area contributed by atoms with Gasteiger partial charge >= 0.3 is 0 Å². The number of hydrogen-bond donors (Lipinski definition) is 0. The van der Waals surface area contributed by atoms with E-state index < -0.39 is 0 Å². The van der Waals surface area contributed by atoms with Gasteiger partial charge in [0.15, 0.2) is 0 Å². The van der Waals surface area contributed by atoms with Gasteiger partial charge in [0.05, 0.1) is 28.1 Å². The van der Waals surface area contributed by atoms with E-state index in [-0.39, 0.29) is 0 Å². The molecule has 11 rings (SSSR count). The fourth-order valence-electron chi connectivity index (χ4n) is 8.67. The highest BCUT2D eigenvalue weighted by Gasteiger charge is 2.24. The molecule has 0 unspecified atom stereocenters. The van der Waals surface area contributed by atoms with Crippen LogP contribution in [0.3, 0.4) is 0 Å². The molecule has 0 aliphatic rings. The number of hydrogen-bond acceptors (Lipinski definition) is 2. The first-order chi connectivity index (χ1) is 28.3. The first kappa shape index (κ1) is 32.8. The fourth-order valence-corrected chi connectivity index (χ4v) is 8.67. The maximum Gasteiger partial charge on any atom is 0.143 e. The molecule has 2 heterocycles. The Morgan fingerprint density at radius 3 is 1.75 bits per heavy atom. The molecule has 9 aromatic carbocycles. The molecule has 0 saturated carbocycles. The lowest BCUT2D eigenvalue weighted by Crippen LogP contribution is -2.11. The normalized spacial score (nSPS) is 11.5. The quantitative estimate of drug-likeness (QED) is 0.163. The second-order valence-corrected chi connectivity index (χ2v) is 14.5. The summed E-state index contributed by atoms with van der Waals surface area (Å²) in [5, 5.41) is 4.61. The van der Waals surface area contributed by atoms with Gasteiger partial charge in [-0.2, -0.15) is 0 Å². The topological polar surface area (TPSA) is 21.3 Å². The van der Waals surface area contributed by atoms with Crippen LogP contribution in [0.4, 0.5) is 17.1 Å². The maximum atomic E-state index is 6.62. The molecular weight excluding hydrogens is 693 g/mol. The van der Waals surface area contributed by atoms with E-state index in [0.717, 1.165) is 66.8 Å². The summed E-state index contributed by atoms with van der Waals surface area (Å²) < 4.78 is 9.06. The Labute approximate surface area is 330 Å². The number of furan rings is 1. The number of anilines is 3. The van der Waals surface area contributed by atoms with Crippen molar-refractivity contribution >= 4 is 60.8 Å². The van der Waals surface area contributed by atoms with Crippen molar-refractivity contribution in [1.82, 2.24) is 4.57 Å². The molecule has 11 aromatic rings. The zero-order chi connectivity index (χ0) is 37.7. The summed E-state index contributed by atoms with van der Waals surface area (Å²) in [6.07, 6.45) is 0. The van der Waals surface area contributed by atoms with Crippen LogP contribution < -0.4 is 4.90 Å². The fraction of sp³-hybridized carbons (Fsp3) is 0. The molecule has 0 bridgehead atoms. The smallest absolute Gasteiger partial charge is 0.143 e. The van der Waals surface area contributed by atoms with Gasteiger partial charge in [-0.15, -0.1) is 0 Å². The average molecular weight is 729 g/mol. The van der Waals surface area contributed by atoms with Gasteiger partial charge in [0.1, 0.15) is 11.2 Å². The summed E-state index contributed by atoms with van der Waals surface area (Å²) in [6, 6.07) is 78.0. The van der Waals surface area contributed by atoms with Crippen LogP contribution >= 0.6 is 0 Å². The molecule has 0 fully saturated rings. The minimum absolute atomic E-state index is 0.891. The number of aromatic nitrogens is 1. The summed E-state index contributed by atoms with van der Waals surface area (Å²) in [6.45, 7) is 0. The zero-order valence-corrected chi connectivity index (χ0v) is 31.1. The number of fused-ring (bicyclic) bond motifs is 6. The third-order valence-electron chi connectivity index (χ3n) is 11.2. The highest BCUT2D eigenvalue weighted by atomic mass is 16.3. The predicted molar refractivity (Wildman–Crippen MR) is 239 cm³/mol. The Morgan fingerprint density at radius 1 is 0.351 bits per heavy atom. The van der Waals surface area contributed by atoms with Gasteiger partial charge in [-0.05, 0) is 65.2 Å². The van der Waals surface area contributed by atoms with Gasteiger partial charge in [0.25, 0.3) is 0 Å². The lowest BCUT2D eigenvalue weighted by atomic mass is 9.98. The molecule has 0 amide bonds. The molecule has 0 radical (unpaired) electrons. The van der Waals surface area contributed by atoms with Crippen molar-refractivity contribution in [1.29, 1.82) is 0 Å². The van der Waals surface area contributed by atoms with E-state index in [4.69, 9.17) is 4.42 Å². The van der Waals surface area contributed by atoms with Crippen molar-refractivity contribution in [2.45, 2.75) is 0 Å². The first-order valence-electron chi connectivity index (χ1n) is 19.4. The van der Waals surface area contributed by atoms with Gasteiger partial charge in [-0.25, -0.2) is 0 Å². The Morgan fingerprint density at radius 2 is 0.912 bits per heavy atom. The summed E-state index contributed by atoms with van der Waals surface area (Å²) in [5.41, 5.74) is 15.4. The Hall–Kier alpha value is -7.62. The van der Waals surface area contributed by atoms with Gasteiger partial charge < -0.3 is 13.9 Å². The summed E-state index contributed by atoms with van der Waals surface area (Å²) in [4.78, 5) is 2.42. The third kappa shape index (κ3) is 5.43. The minimum Gasteiger partial charge on any atom is -0.455 e. The zero-order valence-electron chi connectivity index (χ0n) is 31.1. The van der Waals surface area contributed by atoms with E-state index in [1.165, 1.54) is 33.0 Å². The van der Waals surface area contributed by atoms with Crippen molar-refractivity contribution in [3.63, 3.8) is 0 Å². The van der Waals surface area contributed by atoms with Gasteiger partial charge in [-0.1, -0.05) is 170 Å². The Kier molecular flexibility index (Phi) is 7.82. The molecule has 2 aromatic heterocycles. The van der Waals surface area contributed by atoms with Crippen molar-refractivity contribution in [3.05, 3.63) is 218 Å².